The fourth-order valence-corrected chi connectivity index (χ4v) is 6.82. The quantitative estimate of drug-likeness (QED) is 0.440. The summed E-state index contributed by atoms with van der Waals surface area (Å²) in [6.07, 6.45) is -0.0268. The van der Waals surface area contributed by atoms with Crippen molar-refractivity contribution in [2.75, 3.05) is 0 Å². The van der Waals surface area contributed by atoms with Gasteiger partial charge in [0.1, 0.15) is 6.29 Å². The summed E-state index contributed by atoms with van der Waals surface area (Å²) in [5, 5.41) is 10.6. The molecule has 0 aromatic heterocycles. The zero-order chi connectivity index (χ0) is 25.4. The molecular weight excluding hydrogens is 454 g/mol. The molecule has 1 aliphatic heterocycles. The Hall–Kier alpha value is -4.06. The predicted molar refractivity (Wildman–Crippen MR) is 131 cm³/mol. The van der Waals surface area contributed by atoms with Crippen LogP contribution in [0.25, 0.3) is 0 Å². The molecular formula is C30H25NO5. The Morgan fingerprint density at radius 2 is 1.31 bits per heavy atom. The number of imide groups is 1. The lowest BCUT2D eigenvalue weighted by Crippen LogP contribution is -2.55. The highest BCUT2D eigenvalue weighted by Crippen LogP contribution is 2.62. The predicted octanol–water partition coefficient (Wildman–Crippen LogP) is 4.06. The van der Waals surface area contributed by atoms with E-state index in [2.05, 4.69) is 0 Å². The van der Waals surface area contributed by atoms with E-state index in [-0.39, 0.29) is 17.4 Å². The van der Waals surface area contributed by atoms with Gasteiger partial charge in [-0.05, 0) is 52.8 Å². The maximum Gasteiger partial charge on any atom is 0.335 e. The maximum absolute atomic E-state index is 14.2. The number of carboxylic acid groups (broad SMARTS) is 1. The van der Waals surface area contributed by atoms with Crippen molar-refractivity contribution in [1.82, 2.24) is 4.90 Å². The Kier molecular flexibility index (Phi) is 4.80. The van der Waals surface area contributed by atoms with Crippen molar-refractivity contribution in [3.8, 4) is 0 Å². The molecule has 4 aliphatic rings. The average Bonchev–Trinajstić information content (AvgIpc) is 3.15. The van der Waals surface area contributed by atoms with E-state index in [1.807, 2.05) is 62.4 Å². The zero-order valence-electron chi connectivity index (χ0n) is 20.0. The molecule has 1 heterocycles. The number of aldehydes is 1. The number of aliphatic carboxylic acids is 1. The molecule has 1 saturated heterocycles. The molecule has 6 heteroatoms. The molecule has 3 unspecified atom stereocenters. The van der Waals surface area contributed by atoms with Gasteiger partial charge in [-0.3, -0.25) is 14.5 Å². The Balaban J connectivity index is 1.58. The van der Waals surface area contributed by atoms with Crippen LogP contribution < -0.4 is 0 Å². The Morgan fingerprint density at radius 1 is 0.833 bits per heavy atom. The second kappa shape index (κ2) is 7.72. The number of hydrogen-bond acceptors (Lipinski definition) is 4. The van der Waals surface area contributed by atoms with Crippen molar-refractivity contribution in [1.29, 1.82) is 0 Å². The van der Waals surface area contributed by atoms with Crippen molar-refractivity contribution in [2.45, 2.75) is 37.6 Å². The van der Waals surface area contributed by atoms with E-state index in [9.17, 15) is 24.3 Å². The van der Waals surface area contributed by atoms with Gasteiger partial charge in [0.15, 0.2) is 5.54 Å². The van der Waals surface area contributed by atoms with Gasteiger partial charge in [0.25, 0.3) is 0 Å². The number of amides is 2. The van der Waals surface area contributed by atoms with Gasteiger partial charge in [0, 0.05) is 18.3 Å². The van der Waals surface area contributed by atoms with Crippen LogP contribution in [0.1, 0.15) is 57.2 Å². The number of rotatable bonds is 5. The van der Waals surface area contributed by atoms with E-state index >= 15 is 0 Å². The number of carboxylic acids is 1. The fraction of sp³-hybridized carbons (Fsp3) is 0.267. The van der Waals surface area contributed by atoms with Crippen LogP contribution in [0.3, 0.4) is 0 Å². The van der Waals surface area contributed by atoms with E-state index in [0.29, 0.717) is 6.29 Å². The highest BCUT2D eigenvalue weighted by molar-refractivity contribution is 6.11. The van der Waals surface area contributed by atoms with Gasteiger partial charge in [-0.2, -0.15) is 0 Å². The fourth-order valence-electron chi connectivity index (χ4n) is 6.82. The Labute approximate surface area is 208 Å². The minimum atomic E-state index is -2.11. The number of carbonyl (C=O) groups is 4. The SMILES string of the molecule is Cc1ccc(C(CC=O)(C(=O)O)N2C(=O)C3C4c5ccccc5C(c5ccccc54)C3C2=O)cc1C. The molecule has 3 aliphatic carbocycles. The molecule has 6 nitrogen and oxygen atoms in total. The number of hydrogen-bond donors (Lipinski definition) is 1. The van der Waals surface area contributed by atoms with Gasteiger partial charge in [-0.15, -0.1) is 0 Å². The van der Waals surface area contributed by atoms with Crippen molar-refractivity contribution in [3.63, 3.8) is 0 Å². The maximum atomic E-state index is 14.2. The molecule has 1 N–H and O–H groups in total. The smallest absolute Gasteiger partial charge is 0.335 e. The molecule has 3 atom stereocenters. The molecule has 2 bridgehead atoms. The average molecular weight is 480 g/mol. The van der Waals surface area contributed by atoms with Gasteiger partial charge < -0.3 is 9.90 Å². The summed E-state index contributed by atoms with van der Waals surface area (Å²) in [5.74, 6) is -4.57. The first-order valence-electron chi connectivity index (χ1n) is 12.1. The molecule has 1 fully saturated rings. The van der Waals surface area contributed by atoms with Crippen LogP contribution in [0.5, 0.6) is 0 Å². The van der Waals surface area contributed by atoms with Crippen LogP contribution in [-0.2, 0) is 24.7 Å². The molecule has 0 radical (unpaired) electrons. The summed E-state index contributed by atoms with van der Waals surface area (Å²) in [5.41, 5.74) is 3.94. The summed E-state index contributed by atoms with van der Waals surface area (Å²) in [7, 11) is 0. The normalized spacial score (nSPS) is 25.1. The lowest BCUT2D eigenvalue weighted by atomic mass is 9.55. The van der Waals surface area contributed by atoms with Gasteiger partial charge in [-0.25, -0.2) is 4.79 Å². The highest BCUT2D eigenvalue weighted by Gasteiger charge is 2.66. The minimum Gasteiger partial charge on any atom is -0.479 e. The number of carbonyl (C=O) groups excluding carboxylic acids is 3. The van der Waals surface area contributed by atoms with Crippen LogP contribution >= 0.6 is 0 Å². The summed E-state index contributed by atoms with van der Waals surface area (Å²) in [6.45, 7) is 3.74. The Morgan fingerprint density at radius 3 is 1.69 bits per heavy atom. The second-order valence-electron chi connectivity index (χ2n) is 10.1. The lowest BCUT2D eigenvalue weighted by molar-refractivity contribution is -0.165. The molecule has 2 amide bonds. The number of benzene rings is 3. The van der Waals surface area contributed by atoms with E-state index in [4.69, 9.17) is 0 Å². The van der Waals surface area contributed by atoms with Gasteiger partial charge in [0.05, 0.1) is 11.8 Å². The van der Waals surface area contributed by atoms with E-state index in [1.54, 1.807) is 18.2 Å². The van der Waals surface area contributed by atoms with Crippen LogP contribution in [-0.4, -0.2) is 34.1 Å². The highest BCUT2D eigenvalue weighted by atomic mass is 16.4. The van der Waals surface area contributed by atoms with Crippen molar-refractivity contribution in [3.05, 3.63) is 106 Å². The van der Waals surface area contributed by atoms with Crippen LogP contribution in [0.15, 0.2) is 66.7 Å². The third kappa shape index (κ3) is 2.67. The van der Waals surface area contributed by atoms with E-state index in [1.165, 1.54) is 0 Å². The monoisotopic (exact) mass is 479 g/mol. The van der Waals surface area contributed by atoms with Gasteiger partial charge in [0.2, 0.25) is 11.8 Å². The van der Waals surface area contributed by atoms with Crippen LogP contribution in [0.4, 0.5) is 0 Å². The summed E-state index contributed by atoms with van der Waals surface area (Å²) >= 11 is 0. The molecule has 3 aromatic rings. The standard InChI is InChI=1S/C30H25NO5/c1-16-11-12-18(15-17(16)2)30(13-14-32,29(35)36)31-27(33)25-23-19-7-3-4-8-20(19)24(26(25)28(31)34)22-10-6-5-9-21(22)23/h3-12,14-15,23-26H,13H2,1-2H3,(H,35,36). The second-order valence-corrected chi connectivity index (χ2v) is 10.1. The molecule has 7 rings (SSSR count). The summed E-state index contributed by atoms with van der Waals surface area (Å²) in [4.78, 5) is 54.3. The van der Waals surface area contributed by atoms with Gasteiger partial charge in [-0.1, -0.05) is 66.7 Å². The number of likely N-dealkylation sites (tertiary alicyclic amines) is 1. The largest absolute Gasteiger partial charge is 0.479 e. The van der Waals surface area contributed by atoms with Crippen LogP contribution in [0.2, 0.25) is 0 Å². The topological polar surface area (TPSA) is 91.8 Å². The summed E-state index contributed by atoms with van der Waals surface area (Å²) in [6, 6.07) is 20.8. The first-order chi connectivity index (χ1) is 17.3. The molecule has 36 heavy (non-hydrogen) atoms. The number of aryl methyl sites for hydroxylation is 2. The first kappa shape index (κ1) is 22.4. The third-order valence-electron chi connectivity index (χ3n) is 8.55. The molecule has 0 saturated carbocycles. The summed E-state index contributed by atoms with van der Waals surface area (Å²) < 4.78 is 0. The third-order valence-corrected chi connectivity index (χ3v) is 8.55. The van der Waals surface area contributed by atoms with Crippen molar-refractivity contribution < 1.29 is 24.3 Å². The minimum absolute atomic E-state index is 0.257. The Bertz CT molecular complexity index is 1360. The zero-order valence-corrected chi connectivity index (χ0v) is 20.0. The van der Waals surface area contributed by atoms with Crippen molar-refractivity contribution in [2.24, 2.45) is 11.8 Å². The molecule has 180 valence electrons. The van der Waals surface area contributed by atoms with E-state index < -0.39 is 41.6 Å². The lowest BCUT2D eigenvalue weighted by Gasteiger charge is -2.45. The van der Waals surface area contributed by atoms with E-state index in [0.717, 1.165) is 38.3 Å². The van der Waals surface area contributed by atoms with Gasteiger partial charge >= 0.3 is 5.97 Å². The van der Waals surface area contributed by atoms with Crippen molar-refractivity contribution >= 4 is 24.1 Å². The molecule has 3 aromatic carbocycles. The van der Waals surface area contributed by atoms with Crippen LogP contribution in [0, 0.1) is 25.7 Å². The first-order valence-corrected chi connectivity index (χ1v) is 12.1. The number of nitrogens with zero attached hydrogens (tertiary/aromatic N) is 1. The molecule has 0 spiro atoms.